The average molecular weight is 491 g/mol. The van der Waals surface area contributed by atoms with Crippen molar-refractivity contribution in [3.63, 3.8) is 0 Å². The van der Waals surface area contributed by atoms with Crippen molar-refractivity contribution in [2.24, 2.45) is 0 Å². The van der Waals surface area contributed by atoms with Gasteiger partial charge >= 0.3 is 0 Å². The van der Waals surface area contributed by atoms with Gasteiger partial charge in [-0.25, -0.2) is 4.98 Å². The number of rotatable bonds is 6. The number of piperidine rings is 1. The molecule has 0 atom stereocenters. The Hall–Kier alpha value is -2.77. The number of benzene rings is 1. The molecule has 3 aromatic heterocycles. The molecule has 5 rings (SSSR count). The monoisotopic (exact) mass is 490 g/mol. The van der Waals surface area contributed by atoms with Gasteiger partial charge in [-0.2, -0.15) is 9.61 Å². The van der Waals surface area contributed by atoms with Gasteiger partial charge in [0.05, 0.1) is 10.7 Å². The quantitative estimate of drug-likeness (QED) is 0.403. The fraction of sp³-hybridized carbons (Fsp3) is 0.320. The minimum atomic E-state index is 0.453. The molecule has 0 unspecified atom stereocenters. The van der Waals surface area contributed by atoms with Crippen LogP contribution in [0.15, 0.2) is 65.5 Å². The third-order valence-electron chi connectivity index (χ3n) is 6.31. The van der Waals surface area contributed by atoms with Crippen molar-refractivity contribution in [3.8, 4) is 0 Å². The molecule has 164 valence electrons. The smallest absolute Gasteiger partial charge is 0.171 e. The topological polar surface area (TPSA) is 58.4 Å². The van der Waals surface area contributed by atoms with E-state index in [9.17, 15) is 0 Å². The van der Waals surface area contributed by atoms with E-state index in [1.54, 1.807) is 6.20 Å². The molecule has 1 aliphatic rings. The van der Waals surface area contributed by atoms with Crippen LogP contribution in [0.2, 0.25) is 0 Å². The van der Waals surface area contributed by atoms with Gasteiger partial charge in [0.1, 0.15) is 5.82 Å². The molecule has 4 aromatic rings. The zero-order valence-corrected chi connectivity index (χ0v) is 19.8. The maximum atomic E-state index is 4.98. The number of hydrogen-bond donors (Lipinski definition) is 1. The van der Waals surface area contributed by atoms with E-state index in [0.29, 0.717) is 12.5 Å². The van der Waals surface area contributed by atoms with E-state index in [2.05, 4.69) is 79.6 Å². The predicted molar refractivity (Wildman–Crippen MR) is 131 cm³/mol. The van der Waals surface area contributed by atoms with Gasteiger partial charge in [0.15, 0.2) is 5.65 Å². The van der Waals surface area contributed by atoms with E-state index in [1.165, 1.54) is 11.1 Å². The zero-order chi connectivity index (χ0) is 21.9. The summed E-state index contributed by atoms with van der Waals surface area (Å²) in [6.07, 6.45) is 7.72. The molecule has 1 saturated heterocycles. The molecule has 1 aromatic carbocycles. The molecule has 0 aliphatic carbocycles. The van der Waals surface area contributed by atoms with Crippen molar-refractivity contribution in [1.29, 1.82) is 0 Å². The van der Waals surface area contributed by atoms with Crippen LogP contribution in [-0.2, 0) is 13.1 Å². The first-order chi connectivity index (χ1) is 15.7. The van der Waals surface area contributed by atoms with Gasteiger partial charge in [-0.3, -0.25) is 9.88 Å². The Bertz CT molecular complexity index is 1200. The summed E-state index contributed by atoms with van der Waals surface area (Å²) >= 11 is 3.62. The third kappa shape index (κ3) is 4.54. The summed E-state index contributed by atoms with van der Waals surface area (Å²) in [6.45, 7) is 6.09. The Morgan fingerprint density at radius 2 is 1.94 bits per heavy atom. The predicted octanol–water partition coefficient (Wildman–Crippen LogP) is 5.19. The van der Waals surface area contributed by atoms with E-state index in [0.717, 1.165) is 59.7 Å². The number of aryl methyl sites for hydroxylation is 1. The number of fused-ring (bicyclic) bond motifs is 1. The molecule has 0 amide bonds. The molecule has 1 N–H and O–H groups in total. The highest BCUT2D eigenvalue weighted by molar-refractivity contribution is 9.10. The lowest BCUT2D eigenvalue weighted by molar-refractivity contribution is 0.203. The lowest BCUT2D eigenvalue weighted by Gasteiger charge is -2.32. The summed E-state index contributed by atoms with van der Waals surface area (Å²) in [5.41, 5.74) is 5.93. The van der Waals surface area contributed by atoms with Crippen LogP contribution in [0.25, 0.3) is 5.65 Å². The number of likely N-dealkylation sites (tertiary alicyclic amines) is 1. The number of nitrogens with one attached hydrogen (secondary N) is 1. The third-order valence-corrected chi connectivity index (χ3v) is 6.87. The van der Waals surface area contributed by atoms with Crippen LogP contribution in [0.3, 0.4) is 0 Å². The number of hydrogen-bond acceptors (Lipinski definition) is 5. The highest BCUT2D eigenvalue weighted by Gasteiger charge is 2.24. The fourth-order valence-electron chi connectivity index (χ4n) is 4.40. The molecule has 32 heavy (non-hydrogen) atoms. The van der Waals surface area contributed by atoms with E-state index >= 15 is 0 Å². The van der Waals surface area contributed by atoms with Gasteiger partial charge in [-0.05, 0) is 71.5 Å². The van der Waals surface area contributed by atoms with Gasteiger partial charge in [0.25, 0.3) is 0 Å². The van der Waals surface area contributed by atoms with Gasteiger partial charge in [-0.1, -0.05) is 30.3 Å². The van der Waals surface area contributed by atoms with Crippen LogP contribution >= 0.6 is 15.9 Å². The van der Waals surface area contributed by atoms with Crippen LogP contribution in [0.1, 0.15) is 41.1 Å². The van der Waals surface area contributed by atoms with Gasteiger partial charge in [0.2, 0.25) is 0 Å². The Morgan fingerprint density at radius 1 is 1.09 bits per heavy atom. The Labute approximate surface area is 196 Å². The van der Waals surface area contributed by atoms with Gasteiger partial charge in [-0.15, -0.1) is 0 Å². The molecular formula is C25H27BrN6. The number of anilines is 1. The summed E-state index contributed by atoms with van der Waals surface area (Å²) in [4.78, 5) is 11.8. The van der Waals surface area contributed by atoms with Crippen LogP contribution in [-0.4, -0.2) is 37.6 Å². The molecule has 0 radical (unpaired) electrons. The van der Waals surface area contributed by atoms with E-state index in [-0.39, 0.29) is 0 Å². The Balaban J connectivity index is 1.32. The SMILES string of the molecule is Cc1ccccc1CN1CCC(c2cc(NCc3cccnc3)n3ncc(Br)c3n2)CC1. The summed E-state index contributed by atoms with van der Waals surface area (Å²) in [6, 6.07) is 14.9. The van der Waals surface area contributed by atoms with Crippen LogP contribution < -0.4 is 5.32 Å². The first kappa shape index (κ1) is 21.1. The minimum absolute atomic E-state index is 0.453. The Kier molecular flexibility index (Phi) is 6.19. The van der Waals surface area contributed by atoms with Gasteiger partial charge < -0.3 is 5.32 Å². The minimum Gasteiger partial charge on any atom is -0.366 e. The second-order valence-electron chi connectivity index (χ2n) is 8.49. The van der Waals surface area contributed by atoms with E-state index in [4.69, 9.17) is 4.98 Å². The van der Waals surface area contributed by atoms with Crippen LogP contribution in [0.4, 0.5) is 5.82 Å². The average Bonchev–Trinajstić information content (AvgIpc) is 3.21. The first-order valence-electron chi connectivity index (χ1n) is 11.1. The molecule has 1 fully saturated rings. The van der Waals surface area contributed by atoms with E-state index in [1.807, 2.05) is 23.0 Å². The lowest BCUT2D eigenvalue weighted by atomic mass is 9.92. The van der Waals surface area contributed by atoms with Crippen LogP contribution in [0.5, 0.6) is 0 Å². The van der Waals surface area contributed by atoms with Crippen molar-refractivity contribution in [3.05, 3.63) is 87.9 Å². The molecular weight excluding hydrogens is 464 g/mol. The summed E-state index contributed by atoms with van der Waals surface area (Å²) in [5.74, 6) is 1.41. The molecule has 1 aliphatic heterocycles. The van der Waals surface area contributed by atoms with Gasteiger partial charge in [0, 0.05) is 43.2 Å². The maximum absolute atomic E-state index is 4.98. The largest absolute Gasteiger partial charge is 0.366 e. The standard InChI is InChI=1S/C25H27BrN6/c1-18-5-2-3-7-21(18)17-31-11-8-20(9-12-31)23-13-24(28-15-19-6-4-10-27-14-19)32-25(30-23)22(26)16-29-32/h2-7,10,13-14,16,20,28H,8-9,11-12,15,17H2,1H3. The number of pyridine rings is 1. The maximum Gasteiger partial charge on any atom is 0.171 e. The number of halogens is 1. The molecule has 0 saturated carbocycles. The lowest BCUT2D eigenvalue weighted by Crippen LogP contribution is -2.33. The molecule has 4 heterocycles. The fourth-order valence-corrected chi connectivity index (χ4v) is 4.75. The second-order valence-corrected chi connectivity index (χ2v) is 9.34. The highest BCUT2D eigenvalue weighted by atomic mass is 79.9. The zero-order valence-electron chi connectivity index (χ0n) is 18.2. The van der Waals surface area contributed by atoms with Crippen molar-refractivity contribution >= 4 is 27.4 Å². The Morgan fingerprint density at radius 3 is 2.72 bits per heavy atom. The summed E-state index contributed by atoms with van der Waals surface area (Å²) in [7, 11) is 0. The van der Waals surface area contributed by atoms with Crippen LogP contribution in [0, 0.1) is 6.92 Å². The number of aromatic nitrogens is 4. The van der Waals surface area contributed by atoms with Crippen molar-refractivity contribution in [2.75, 3.05) is 18.4 Å². The molecule has 0 bridgehead atoms. The molecule has 0 spiro atoms. The normalized spacial score (nSPS) is 15.3. The molecule has 7 heteroatoms. The van der Waals surface area contributed by atoms with Crippen molar-refractivity contribution in [2.45, 2.75) is 38.8 Å². The van der Waals surface area contributed by atoms with E-state index < -0.39 is 0 Å². The highest BCUT2D eigenvalue weighted by Crippen LogP contribution is 2.31. The summed E-state index contributed by atoms with van der Waals surface area (Å²) in [5, 5.41) is 8.04. The molecule has 6 nitrogen and oxygen atoms in total. The second kappa shape index (κ2) is 9.38. The van der Waals surface area contributed by atoms with Crippen molar-refractivity contribution in [1.82, 2.24) is 24.5 Å². The summed E-state index contributed by atoms with van der Waals surface area (Å²) < 4.78 is 2.79. The van der Waals surface area contributed by atoms with Crippen molar-refractivity contribution < 1.29 is 0 Å². The first-order valence-corrected chi connectivity index (χ1v) is 11.9. The number of nitrogens with zero attached hydrogens (tertiary/aromatic N) is 5.